The molecule has 4 fully saturated rings. The maximum Gasteiger partial charge on any atom is 0.0224 e. The first-order valence-corrected chi connectivity index (χ1v) is 8.36. The van der Waals surface area contributed by atoms with Gasteiger partial charge in [-0.3, -0.25) is 4.90 Å². The predicted octanol–water partition coefficient (Wildman–Crippen LogP) is 2.64. The SMILES string of the molecule is CCC1CNC(C2CC2)CN1C(C1CC1)C1CC1. The van der Waals surface area contributed by atoms with Crippen LogP contribution in [0.4, 0.5) is 0 Å². The van der Waals surface area contributed by atoms with Gasteiger partial charge in [0.05, 0.1) is 0 Å². The Hall–Kier alpha value is -0.0800. The first-order valence-electron chi connectivity index (χ1n) is 8.36. The molecule has 0 aromatic heterocycles. The van der Waals surface area contributed by atoms with Gasteiger partial charge in [0.15, 0.2) is 0 Å². The second-order valence-electron chi connectivity index (χ2n) is 7.28. The molecule has 3 saturated carbocycles. The van der Waals surface area contributed by atoms with Crippen molar-refractivity contribution in [3.05, 3.63) is 0 Å². The number of nitrogens with zero attached hydrogens (tertiary/aromatic N) is 1. The molecular formula is C16H28N2. The van der Waals surface area contributed by atoms with Crippen molar-refractivity contribution in [2.24, 2.45) is 17.8 Å². The second-order valence-corrected chi connectivity index (χ2v) is 7.28. The Morgan fingerprint density at radius 3 is 2.22 bits per heavy atom. The van der Waals surface area contributed by atoms with E-state index >= 15 is 0 Å². The van der Waals surface area contributed by atoms with E-state index in [1.165, 1.54) is 58.0 Å². The number of piperazine rings is 1. The summed E-state index contributed by atoms with van der Waals surface area (Å²) >= 11 is 0. The van der Waals surface area contributed by atoms with E-state index in [1.807, 2.05) is 0 Å². The first-order chi connectivity index (χ1) is 8.86. The summed E-state index contributed by atoms with van der Waals surface area (Å²) in [7, 11) is 0. The third kappa shape index (κ3) is 2.22. The van der Waals surface area contributed by atoms with Gasteiger partial charge in [-0.25, -0.2) is 0 Å². The highest BCUT2D eigenvalue weighted by molar-refractivity contribution is 5.03. The summed E-state index contributed by atoms with van der Waals surface area (Å²) in [4.78, 5) is 2.97. The zero-order valence-corrected chi connectivity index (χ0v) is 11.8. The highest BCUT2D eigenvalue weighted by atomic mass is 15.3. The van der Waals surface area contributed by atoms with E-state index < -0.39 is 0 Å². The van der Waals surface area contributed by atoms with Crippen LogP contribution in [-0.2, 0) is 0 Å². The molecule has 2 nitrogen and oxygen atoms in total. The van der Waals surface area contributed by atoms with E-state index in [4.69, 9.17) is 0 Å². The quantitative estimate of drug-likeness (QED) is 0.804. The van der Waals surface area contributed by atoms with Crippen molar-refractivity contribution in [3.8, 4) is 0 Å². The fraction of sp³-hybridized carbons (Fsp3) is 1.00. The zero-order valence-electron chi connectivity index (χ0n) is 11.8. The highest BCUT2D eigenvalue weighted by Crippen LogP contribution is 2.48. The Kier molecular flexibility index (Phi) is 2.92. The zero-order chi connectivity index (χ0) is 12.1. The molecule has 102 valence electrons. The van der Waals surface area contributed by atoms with Gasteiger partial charge in [0.25, 0.3) is 0 Å². The molecule has 2 atom stereocenters. The topological polar surface area (TPSA) is 15.3 Å². The van der Waals surface area contributed by atoms with E-state index in [0.717, 1.165) is 35.9 Å². The molecule has 1 aliphatic heterocycles. The van der Waals surface area contributed by atoms with Gasteiger partial charge in [-0.05, 0) is 62.7 Å². The van der Waals surface area contributed by atoms with E-state index in [1.54, 1.807) is 0 Å². The molecule has 4 rings (SSSR count). The van der Waals surface area contributed by atoms with Gasteiger partial charge in [0, 0.05) is 31.2 Å². The molecule has 1 N–H and O–H groups in total. The highest BCUT2D eigenvalue weighted by Gasteiger charge is 2.48. The van der Waals surface area contributed by atoms with Gasteiger partial charge < -0.3 is 5.32 Å². The Balaban J connectivity index is 1.49. The standard InChI is InChI=1S/C16H28N2/c1-2-14-9-17-15(11-3-4-11)10-18(14)16(12-5-6-12)13-7-8-13/h11-17H,2-10H2,1H3. The number of hydrogen-bond donors (Lipinski definition) is 1. The lowest BCUT2D eigenvalue weighted by atomic mass is 9.96. The summed E-state index contributed by atoms with van der Waals surface area (Å²) in [6.07, 6.45) is 10.4. The third-order valence-electron chi connectivity index (χ3n) is 5.75. The van der Waals surface area contributed by atoms with Crippen LogP contribution in [0, 0.1) is 17.8 Å². The Bertz CT molecular complexity index is 292. The van der Waals surface area contributed by atoms with Crippen molar-refractivity contribution in [3.63, 3.8) is 0 Å². The number of rotatable bonds is 5. The van der Waals surface area contributed by atoms with Crippen molar-refractivity contribution in [2.75, 3.05) is 13.1 Å². The lowest BCUT2D eigenvalue weighted by Crippen LogP contribution is -2.60. The molecule has 3 aliphatic carbocycles. The summed E-state index contributed by atoms with van der Waals surface area (Å²) in [5, 5.41) is 3.84. The minimum Gasteiger partial charge on any atom is -0.311 e. The van der Waals surface area contributed by atoms with Crippen LogP contribution in [0.3, 0.4) is 0 Å². The normalized spacial score (nSPS) is 38.3. The van der Waals surface area contributed by atoms with Crippen molar-refractivity contribution in [1.29, 1.82) is 0 Å². The smallest absolute Gasteiger partial charge is 0.0224 e. The lowest BCUT2D eigenvalue weighted by Gasteiger charge is -2.45. The molecule has 4 aliphatic rings. The molecule has 0 bridgehead atoms. The van der Waals surface area contributed by atoms with E-state index in [2.05, 4.69) is 17.1 Å². The van der Waals surface area contributed by atoms with Crippen LogP contribution in [-0.4, -0.2) is 36.1 Å². The van der Waals surface area contributed by atoms with Crippen LogP contribution in [0.15, 0.2) is 0 Å². The van der Waals surface area contributed by atoms with Gasteiger partial charge in [-0.15, -0.1) is 0 Å². The molecule has 0 radical (unpaired) electrons. The van der Waals surface area contributed by atoms with Gasteiger partial charge in [-0.2, -0.15) is 0 Å². The minimum absolute atomic E-state index is 0.825. The van der Waals surface area contributed by atoms with Crippen molar-refractivity contribution < 1.29 is 0 Å². The molecule has 1 heterocycles. The predicted molar refractivity (Wildman–Crippen MR) is 74.5 cm³/mol. The molecule has 18 heavy (non-hydrogen) atoms. The maximum atomic E-state index is 3.84. The van der Waals surface area contributed by atoms with E-state index in [0.29, 0.717) is 0 Å². The van der Waals surface area contributed by atoms with Crippen LogP contribution in [0.25, 0.3) is 0 Å². The fourth-order valence-electron chi connectivity index (χ4n) is 4.21. The molecule has 0 aromatic rings. The lowest BCUT2D eigenvalue weighted by molar-refractivity contribution is 0.0520. The number of nitrogens with one attached hydrogen (secondary N) is 1. The van der Waals surface area contributed by atoms with E-state index in [9.17, 15) is 0 Å². The summed E-state index contributed by atoms with van der Waals surface area (Å²) in [5.74, 6) is 3.17. The van der Waals surface area contributed by atoms with E-state index in [-0.39, 0.29) is 0 Å². The van der Waals surface area contributed by atoms with Gasteiger partial charge >= 0.3 is 0 Å². The summed E-state index contributed by atoms with van der Waals surface area (Å²) < 4.78 is 0. The summed E-state index contributed by atoms with van der Waals surface area (Å²) in [6, 6.07) is 2.62. The molecule has 2 unspecified atom stereocenters. The van der Waals surface area contributed by atoms with Crippen LogP contribution in [0.2, 0.25) is 0 Å². The Morgan fingerprint density at radius 1 is 1.06 bits per heavy atom. The van der Waals surface area contributed by atoms with Crippen LogP contribution in [0.1, 0.15) is 51.9 Å². The van der Waals surface area contributed by atoms with Crippen molar-refractivity contribution in [1.82, 2.24) is 10.2 Å². The monoisotopic (exact) mass is 248 g/mol. The Morgan fingerprint density at radius 2 is 1.72 bits per heavy atom. The van der Waals surface area contributed by atoms with Crippen LogP contribution < -0.4 is 5.32 Å². The summed E-state index contributed by atoms with van der Waals surface area (Å²) in [5.41, 5.74) is 0. The molecular weight excluding hydrogens is 220 g/mol. The van der Waals surface area contributed by atoms with Gasteiger partial charge in [0.2, 0.25) is 0 Å². The first kappa shape index (κ1) is 11.7. The molecule has 0 amide bonds. The fourth-order valence-corrected chi connectivity index (χ4v) is 4.21. The van der Waals surface area contributed by atoms with Crippen LogP contribution >= 0.6 is 0 Å². The average Bonchev–Trinajstić information content (AvgIpc) is 3.27. The minimum atomic E-state index is 0.825. The Labute approximate surface area is 111 Å². The third-order valence-corrected chi connectivity index (χ3v) is 5.75. The molecule has 0 aromatic carbocycles. The van der Waals surface area contributed by atoms with Crippen molar-refractivity contribution >= 4 is 0 Å². The van der Waals surface area contributed by atoms with Gasteiger partial charge in [0.1, 0.15) is 0 Å². The second kappa shape index (κ2) is 4.49. The maximum absolute atomic E-state index is 3.84. The largest absolute Gasteiger partial charge is 0.311 e. The van der Waals surface area contributed by atoms with Gasteiger partial charge in [-0.1, -0.05) is 6.92 Å². The molecule has 1 saturated heterocycles. The molecule has 2 heteroatoms. The molecule has 0 spiro atoms. The summed E-state index contributed by atoms with van der Waals surface area (Å²) in [6.45, 7) is 5.00. The average molecular weight is 248 g/mol. The van der Waals surface area contributed by atoms with Crippen LogP contribution in [0.5, 0.6) is 0 Å². The number of hydrogen-bond acceptors (Lipinski definition) is 2. The van der Waals surface area contributed by atoms with Crippen molar-refractivity contribution in [2.45, 2.75) is 70.0 Å².